The van der Waals surface area contributed by atoms with Crippen molar-refractivity contribution in [2.24, 2.45) is 0 Å². The van der Waals surface area contributed by atoms with Crippen LogP contribution in [-0.2, 0) is 0 Å². The summed E-state index contributed by atoms with van der Waals surface area (Å²) >= 11 is 3.10. The largest absolute Gasteiger partial charge is 0.0905 e. The van der Waals surface area contributed by atoms with Crippen molar-refractivity contribution in [2.45, 2.75) is 6.92 Å². The fraction of sp³-hybridized carbons (Fsp3) is 0.250. The Balaban J connectivity index is 2.62. The lowest BCUT2D eigenvalue weighted by Crippen LogP contribution is -1.39. The molecule has 5 heavy (non-hydrogen) atoms. The number of halogens is 1. The molecule has 0 N–H and O–H groups in total. The Morgan fingerprint density at radius 2 is 2.20 bits per heavy atom. The second kappa shape index (κ2) is 4.22. The highest BCUT2D eigenvalue weighted by molar-refractivity contribution is 9.10. The molecule has 0 aromatic heterocycles. The number of hydrogen-bond acceptors (Lipinski definition) is 0. The number of allylic oxidation sites excluding steroid dienone is 2. The van der Waals surface area contributed by atoms with Crippen LogP contribution in [0.5, 0.6) is 0 Å². The number of hydrogen-bond donors (Lipinski definition) is 0. The Morgan fingerprint density at radius 1 is 1.60 bits per heavy atom. The van der Waals surface area contributed by atoms with Crippen molar-refractivity contribution >= 4 is 15.9 Å². The molecule has 0 amide bonds. The molecule has 0 aliphatic heterocycles. The van der Waals surface area contributed by atoms with E-state index in [2.05, 4.69) is 15.9 Å². The van der Waals surface area contributed by atoms with Crippen LogP contribution in [0.4, 0.5) is 0 Å². The van der Waals surface area contributed by atoms with Gasteiger partial charge >= 0.3 is 0 Å². The zero-order valence-corrected chi connectivity index (χ0v) is 4.70. The lowest BCUT2D eigenvalue weighted by atomic mass is 10.6. The third-order valence-corrected chi connectivity index (χ3v) is 0.570. The highest BCUT2D eigenvalue weighted by Gasteiger charge is 1.55. The van der Waals surface area contributed by atoms with Crippen molar-refractivity contribution in [3.8, 4) is 0 Å². The van der Waals surface area contributed by atoms with Gasteiger partial charge in [0.05, 0.1) is 0 Å². The Kier molecular flexibility index (Phi) is 4.41. The smallest absolute Gasteiger partial charge is 0.0485 e. The second-order valence-electron chi connectivity index (χ2n) is 0.652. The van der Waals surface area contributed by atoms with Crippen molar-refractivity contribution in [3.05, 3.63) is 17.5 Å². The van der Waals surface area contributed by atoms with Crippen LogP contribution in [-0.4, -0.2) is 0 Å². The minimum atomic E-state index is 1.81. The average Bonchev–Trinajstić information content (AvgIpc) is 1.41. The van der Waals surface area contributed by atoms with Gasteiger partial charge in [0, 0.05) is 5.33 Å². The molecule has 0 fully saturated rings. The van der Waals surface area contributed by atoms with Crippen LogP contribution < -0.4 is 0 Å². The van der Waals surface area contributed by atoms with E-state index in [1.165, 1.54) is 0 Å². The summed E-state index contributed by atoms with van der Waals surface area (Å²) in [7, 11) is 0. The molecule has 1 radical (unpaired) electrons. The topological polar surface area (TPSA) is 0 Å². The highest BCUT2D eigenvalue weighted by atomic mass is 79.9. The van der Waals surface area contributed by atoms with Crippen molar-refractivity contribution < 1.29 is 0 Å². The van der Waals surface area contributed by atoms with E-state index in [4.69, 9.17) is 0 Å². The maximum Gasteiger partial charge on any atom is 0.0485 e. The first kappa shape index (κ1) is 5.22. The summed E-state index contributed by atoms with van der Waals surface area (Å²) in [5.74, 6) is 0. The molecule has 1 heteroatoms. The van der Waals surface area contributed by atoms with Crippen LogP contribution in [0, 0.1) is 5.33 Å². The Labute approximate surface area is 41.0 Å². The predicted molar refractivity (Wildman–Crippen MR) is 28.0 cm³/mol. The van der Waals surface area contributed by atoms with Crippen LogP contribution in [0.2, 0.25) is 0 Å². The Hall–Kier alpha value is 0.220. The quantitative estimate of drug-likeness (QED) is 0.515. The maximum absolute atomic E-state index is 3.10. The van der Waals surface area contributed by atoms with Gasteiger partial charge in [-0.2, -0.15) is 0 Å². The van der Waals surface area contributed by atoms with Crippen LogP contribution in [0.3, 0.4) is 0 Å². The summed E-state index contributed by atoms with van der Waals surface area (Å²) in [6.45, 7) is 1.97. The van der Waals surface area contributed by atoms with Crippen molar-refractivity contribution in [1.29, 1.82) is 0 Å². The fourth-order valence-electron chi connectivity index (χ4n) is 0.0727. The minimum absolute atomic E-state index is 1.81. The summed E-state index contributed by atoms with van der Waals surface area (Å²) < 4.78 is 0. The van der Waals surface area contributed by atoms with Crippen molar-refractivity contribution in [2.75, 3.05) is 0 Å². The van der Waals surface area contributed by atoms with Crippen LogP contribution in [0.25, 0.3) is 0 Å². The molecule has 0 rings (SSSR count). The van der Waals surface area contributed by atoms with E-state index in [0.29, 0.717) is 0 Å². The lowest BCUT2D eigenvalue weighted by Gasteiger charge is -1.62. The van der Waals surface area contributed by atoms with Gasteiger partial charge in [-0.25, -0.2) is 0 Å². The van der Waals surface area contributed by atoms with Crippen molar-refractivity contribution in [1.82, 2.24) is 0 Å². The van der Waals surface area contributed by atoms with Gasteiger partial charge in [0.15, 0.2) is 0 Å². The Morgan fingerprint density at radius 3 is 2.20 bits per heavy atom. The van der Waals surface area contributed by atoms with Crippen LogP contribution >= 0.6 is 15.9 Å². The number of rotatable bonds is 1. The van der Waals surface area contributed by atoms with E-state index in [9.17, 15) is 0 Å². The van der Waals surface area contributed by atoms with Gasteiger partial charge in [0.1, 0.15) is 0 Å². The molecular formula is C4H6Br. The summed E-state index contributed by atoms with van der Waals surface area (Å²) in [5, 5.41) is 1.81. The molecule has 0 spiro atoms. The fourth-order valence-corrected chi connectivity index (χ4v) is 0.378. The monoisotopic (exact) mass is 133 g/mol. The predicted octanol–water partition coefficient (Wildman–Crippen LogP) is 2.12. The van der Waals surface area contributed by atoms with Gasteiger partial charge in [-0.05, 0) is 6.92 Å². The highest BCUT2D eigenvalue weighted by Crippen LogP contribution is 1.86. The molecule has 0 atom stereocenters. The molecular weight excluding hydrogens is 128 g/mol. The lowest BCUT2D eigenvalue weighted by molar-refractivity contribution is 1.74. The van der Waals surface area contributed by atoms with E-state index in [0.717, 1.165) is 0 Å². The molecule has 0 aromatic rings. The maximum atomic E-state index is 3.10. The SMILES string of the molecule is CC=C[CH]Br. The first-order valence-corrected chi connectivity index (χ1v) is 2.38. The van der Waals surface area contributed by atoms with Gasteiger partial charge in [-0.15, -0.1) is 0 Å². The van der Waals surface area contributed by atoms with Gasteiger partial charge in [-0.1, -0.05) is 28.1 Å². The molecule has 0 aliphatic rings. The third-order valence-electron chi connectivity index (χ3n) is 0.265. The first-order valence-electron chi connectivity index (χ1n) is 1.46. The first-order chi connectivity index (χ1) is 2.41. The zero-order chi connectivity index (χ0) is 4.12. The molecule has 29 valence electrons. The summed E-state index contributed by atoms with van der Waals surface area (Å²) in [4.78, 5) is 0. The van der Waals surface area contributed by atoms with E-state index in [1.54, 1.807) is 0 Å². The summed E-state index contributed by atoms with van der Waals surface area (Å²) in [6, 6.07) is 0. The molecule has 0 unspecified atom stereocenters. The average molecular weight is 134 g/mol. The van der Waals surface area contributed by atoms with E-state index >= 15 is 0 Å². The van der Waals surface area contributed by atoms with E-state index in [1.807, 2.05) is 24.4 Å². The van der Waals surface area contributed by atoms with Gasteiger partial charge in [-0.3, -0.25) is 0 Å². The molecule has 0 saturated heterocycles. The molecule has 0 aliphatic carbocycles. The standard InChI is InChI=1S/C4H6Br/c1-2-3-4-5/h2-4H,1H3. The molecule has 0 heterocycles. The molecule has 0 saturated carbocycles. The molecule has 0 aromatic carbocycles. The van der Waals surface area contributed by atoms with E-state index < -0.39 is 0 Å². The van der Waals surface area contributed by atoms with Gasteiger partial charge < -0.3 is 0 Å². The van der Waals surface area contributed by atoms with Crippen LogP contribution in [0.1, 0.15) is 6.92 Å². The van der Waals surface area contributed by atoms with E-state index in [-0.39, 0.29) is 0 Å². The molecule has 0 nitrogen and oxygen atoms in total. The normalized spacial score (nSPS) is 10.0. The van der Waals surface area contributed by atoms with Gasteiger partial charge in [0.2, 0.25) is 0 Å². The zero-order valence-electron chi connectivity index (χ0n) is 3.11. The summed E-state index contributed by atoms with van der Waals surface area (Å²) in [5.41, 5.74) is 0. The second-order valence-corrected chi connectivity index (χ2v) is 1.18. The Bertz CT molecular complexity index is 30.6. The van der Waals surface area contributed by atoms with Gasteiger partial charge in [0.25, 0.3) is 0 Å². The summed E-state index contributed by atoms with van der Waals surface area (Å²) in [6.07, 6.45) is 3.87. The molecule has 0 bridgehead atoms. The third kappa shape index (κ3) is 4.22. The van der Waals surface area contributed by atoms with Crippen LogP contribution in [0.15, 0.2) is 12.2 Å². The minimum Gasteiger partial charge on any atom is -0.0905 e. The van der Waals surface area contributed by atoms with Crippen molar-refractivity contribution in [3.63, 3.8) is 0 Å².